The van der Waals surface area contributed by atoms with Gasteiger partial charge < -0.3 is 15.0 Å². The molecule has 0 spiro atoms. The minimum Gasteiger partial charge on any atom is -0.479 e. The van der Waals surface area contributed by atoms with Crippen LogP contribution in [0.2, 0.25) is 0 Å². The molecular formula is C16H19Cl3N2O3. The molecule has 8 heteroatoms. The Balaban J connectivity index is 2.26. The predicted octanol–water partition coefficient (Wildman–Crippen LogP) is 4.30. The van der Waals surface area contributed by atoms with Crippen LogP contribution in [-0.4, -0.2) is 28.3 Å². The van der Waals surface area contributed by atoms with Crippen LogP contribution >= 0.6 is 34.8 Å². The van der Waals surface area contributed by atoms with Gasteiger partial charge in [0.15, 0.2) is 6.10 Å². The van der Waals surface area contributed by atoms with Gasteiger partial charge in [0.25, 0.3) is 15.6 Å². The highest BCUT2D eigenvalue weighted by Crippen LogP contribution is 2.37. The molecule has 132 valence electrons. The molecule has 0 saturated carbocycles. The number of nitrogens with one attached hydrogen (secondary N) is 1. The molecule has 0 aromatic heterocycles. The Hall–Kier alpha value is -1.17. The number of hydrogen-bond donors (Lipinski definition) is 1. The Morgan fingerprint density at radius 1 is 1.33 bits per heavy atom. The van der Waals surface area contributed by atoms with Gasteiger partial charge in [-0.3, -0.25) is 9.59 Å². The highest BCUT2D eigenvalue weighted by atomic mass is 35.6. The molecule has 0 aliphatic carbocycles. The minimum absolute atomic E-state index is 0.108. The topological polar surface area (TPSA) is 58.6 Å². The van der Waals surface area contributed by atoms with E-state index in [0.29, 0.717) is 23.7 Å². The number of benzene rings is 1. The second kappa shape index (κ2) is 7.81. The molecule has 1 aromatic rings. The maximum atomic E-state index is 12.4. The van der Waals surface area contributed by atoms with E-state index in [2.05, 4.69) is 12.2 Å². The van der Waals surface area contributed by atoms with Gasteiger partial charge in [-0.25, -0.2) is 0 Å². The van der Waals surface area contributed by atoms with E-state index in [1.165, 1.54) is 0 Å². The number of nitrogens with zero attached hydrogens (tertiary/aromatic N) is 1. The highest BCUT2D eigenvalue weighted by Gasteiger charge is 2.33. The van der Waals surface area contributed by atoms with Crippen molar-refractivity contribution >= 4 is 58.0 Å². The van der Waals surface area contributed by atoms with Crippen LogP contribution in [0.15, 0.2) is 18.2 Å². The van der Waals surface area contributed by atoms with Crippen LogP contribution in [0.5, 0.6) is 5.75 Å². The van der Waals surface area contributed by atoms with Crippen molar-refractivity contribution in [3.05, 3.63) is 18.2 Å². The molecule has 1 aromatic carbocycles. The molecular weight excluding hydrogens is 375 g/mol. The Labute approximate surface area is 156 Å². The zero-order chi connectivity index (χ0) is 17.9. The third-order valence-electron chi connectivity index (χ3n) is 3.67. The van der Waals surface area contributed by atoms with Gasteiger partial charge in [0, 0.05) is 12.2 Å². The summed E-state index contributed by atoms with van der Waals surface area (Å²) >= 11 is 16.7. The number of carbonyl (C=O) groups excluding carboxylic acids is 2. The molecule has 2 rings (SSSR count). The lowest BCUT2D eigenvalue weighted by Crippen LogP contribution is -2.45. The Kier molecular flexibility index (Phi) is 6.23. The van der Waals surface area contributed by atoms with Crippen LogP contribution in [0.4, 0.5) is 11.4 Å². The fourth-order valence-electron chi connectivity index (χ4n) is 2.44. The van der Waals surface area contributed by atoms with Crippen LogP contribution < -0.4 is 15.0 Å². The number of halogens is 3. The quantitative estimate of drug-likeness (QED) is 0.599. The van der Waals surface area contributed by atoms with Gasteiger partial charge in [-0.15, -0.1) is 0 Å². The number of rotatable bonds is 5. The van der Waals surface area contributed by atoms with Crippen LogP contribution in [0.25, 0.3) is 0 Å². The predicted molar refractivity (Wildman–Crippen MR) is 97.3 cm³/mol. The lowest BCUT2D eigenvalue weighted by molar-refractivity contribution is -0.125. The zero-order valence-electron chi connectivity index (χ0n) is 13.4. The van der Waals surface area contributed by atoms with Crippen molar-refractivity contribution in [1.82, 2.24) is 0 Å². The summed E-state index contributed by atoms with van der Waals surface area (Å²) in [6.07, 6.45) is 2.43. The first-order chi connectivity index (χ1) is 11.2. The monoisotopic (exact) mass is 392 g/mol. The third-order valence-corrected chi connectivity index (χ3v) is 4.18. The summed E-state index contributed by atoms with van der Waals surface area (Å²) in [5.74, 6) is -0.282. The summed E-state index contributed by atoms with van der Waals surface area (Å²) in [7, 11) is 0. The maximum Gasteiger partial charge on any atom is 0.276 e. The zero-order valence-corrected chi connectivity index (χ0v) is 15.7. The van der Waals surface area contributed by atoms with Crippen LogP contribution in [0.3, 0.4) is 0 Å². The number of hydrogen-bond acceptors (Lipinski definition) is 3. The molecule has 1 N–H and O–H groups in total. The summed E-state index contributed by atoms with van der Waals surface area (Å²) in [5.41, 5.74) is 1.04. The van der Waals surface area contributed by atoms with Crippen molar-refractivity contribution in [2.24, 2.45) is 0 Å². The van der Waals surface area contributed by atoms with Crippen molar-refractivity contribution < 1.29 is 14.3 Å². The van der Waals surface area contributed by atoms with Crippen molar-refractivity contribution in [2.45, 2.75) is 43.0 Å². The Morgan fingerprint density at radius 3 is 2.67 bits per heavy atom. The molecule has 0 bridgehead atoms. The van der Waals surface area contributed by atoms with E-state index in [1.807, 2.05) is 0 Å². The standard InChI is InChI=1S/C16H19Cl3N2O3/c1-3-4-5-8-21-12-9-11(20-15(23)16(17,18)19)6-7-13(12)24-10(2)14(21)22/h6-7,9-10H,3-5,8H2,1-2H3,(H,20,23). The summed E-state index contributed by atoms with van der Waals surface area (Å²) in [5, 5.41) is 2.52. The van der Waals surface area contributed by atoms with Gasteiger partial charge in [0.1, 0.15) is 5.75 Å². The summed E-state index contributed by atoms with van der Waals surface area (Å²) in [4.78, 5) is 25.9. The number of unbranched alkanes of at least 4 members (excludes halogenated alkanes) is 2. The van der Waals surface area contributed by atoms with Crippen LogP contribution in [0, 0.1) is 0 Å². The smallest absolute Gasteiger partial charge is 0.276 e. The SMILES string of the molecule is CCCCCN1C(=O)C(C)Oc2ccc(NC(=O)C(Cl)(Cl)Cl)cc21. The third kappa shape index (κ3) is 4.47. The minimum atomic E-state index is -2.06. The normalized spacial score (nSPS) is 17.3. The average molecular weight is 394 g/mol. The van der Waals surface area contributed by atoms with E-state index >= 15 is 0 Å². The van der Waals surface area contributed by atoms with E-state index < -0.39 is 15.8 Å². The van der Waals surface area contributed by atoms with E-state index in [-0.39, 0.29) is 5.91 Å². The fourth-order valence-corrected chi connectivity index (χ4v) is 2.58. The van der Waals surface area contributed by atoms with Crippen LogP contribution in [-0.2, 0) is 9.59 Å². The van der Waals surface area contributed by atoms with E-state index in [4.69, 9.17) is 39.5 Å². The molecule has 1 heterocycles. The number of alkyl halides is 3. The lowest BCUT2D eigenvalue weighted by atomic mass is 10.1. The maximum absolute atomic E-state index is 12.4. The molecule has 0 fully saturated rings. The largest absolute Gasteiger partial charge is 0.479 e. The van der Waals surface area contributed by atoms with Gasteiger partial charge in [-0.05, 0) is 31.5 Å². The molecule has 0 radical (unpaired) electrons. The fraction of sp³-hybridized carbons (Fsp3) is 0.500. The molecule has 24 heavy (non-hydrogen) atoms. The highest BCUT2D eigenvalue weighted by molar-refractivity contribution is 6.76. The number of fused-ring (bicyclic) bond motifs is 1. The van der Waals surface area contributed by atoms with Gasteiger partial charge >= 0.3 is 0 Å². The van der Waals surface area contributed by atoms with Gasteiger partial charge in [0.2, 0.25) is 0 Å². The molecule has 1 atom stereocenters. The van der Waals surface area contributed by atoms with Crippen molar-refractivity contribution in [3.63, 3.8) is 0 Å². The van der Waals surface area contributed by atoms with E-state index in [9.17, 15) is 9.59 Å². The number of anilines is 2. The summed E-state index contributed by atoms with van der Waals surface area (Å²) in [6, 6.07) is 4.98. The van der Waals surface area contributed by atoms with E-state index in [1.54, 1.807) is 30.0 Å². The summed E-state index contributed by atoms with van der Waals surface area (Å²) in [6.45, 7) is 4.41. The molecule has 1 unspecified atom stereocenters. The first kappa shape index (κ1) is 19.2. The summed E-state index contributed by atoms with van der Waals surface area (Å²) < 4.78 is 3.57. The van der Waals surface area contributed by atoms with Crippen molar-refractivity contribution in [3.8, 4) is 5.75 Å². The number of ether oxygens (including phenoxy) is 1. The molecule has 0 saturated heterocycles. The van der Waals surface area contributed by atoms with E-state index in [0.717, 1.165) is 19.3 Å². The second-order valence-corrected chi connectivity index (χ2v) is 7.87. The van der Waals surface area contributed by atoms with Gasteiger partial charge in [0.05, 0.1) is 5.69 Å². The molecule has 5 nitrogen and oxygen atoms in total. The van der Waals surface area contributed by atoms with Crippen molar-refractivity contribution in [2.75, 3.05) is 16.8 Å². The lowest BCUT2D eigenvalue weighted by Gasteiger charge is -2.33. The Morgan fingerprint density at radius 2 is 2.04 bits per heavy atom. The average Bonchev–Trinajstić information content (AvgIpc) is 2.50. The van der Waals surface area contributed by atoms with Gasteiger partial charge in [-0.1, -0.05) is 54.6 Å². The van der Waals surface area contributed by atoms with Crippen LogP contribution in [0.1, 0.15) is 33.1 Å². The first-order valence-electron chi connectivity index (χ1n) is 7.74. The first-order valence-corrected chi connectivity index (χ1v) is 8.87. The Bertz CT molecular complexity index is 631. The molecule has 1 aliphatic rings. The van der Waals surface area contributed by atoms with Crippen molar-refractivity contribution in [1.29, 1.82) is 0 Å². The second-order valence-electron chi connectivity index (χ2n) is 5.59. The number of carbonyl (C=O) groups is 2. The number of amides is 2. The van der Waals surface area contributed by atoms with Gasteiger partial charge in [-0.2, -0.15) is 0 Å². The molecule has 2 amide bonds. The molecule has 1 aliphatic heterocycles.